The molecule has 4 nitrogen and oxygen atoms in total. The molecule has 0 fully saturated rings. The molecule has 1 unspecified atom stereocenters. The van der Waals surface area contributed by atoms with E-state index in [1.54, 1.807) is 0 Å². The van der Waals surface area contributed by atoms with Crippen LogP contribution in [0.3, 0.4) is 0 Å². The molecular weight excluding hydrogens is 260 g/mol. The molecule has 100 valence electrons. The summed E-state index contributed by atoms with van der Waals surface area (Å²) in [5.74, 6) is 1.53. The summed E-state index contributed by atoms with van der Waals surface area (Å²) in [5, 5.41) is 8.92. The Bertz CT molecular complexity index is 566. The van der Waals surface area contributed by atoms with Crippen molar-refractivity contribution in [2.45, 2.75) is 25.9 Å². The molecule has 0 radical (unpaired) electrons. The standard InChI is InChI=1S/C14H17ClN4/c1-11(12-3-2-4-13(15)7-12)8-18-5-6-19-10-16-17-14(19)9-18/h2-4,7,10-11H,5-6,8-9H2,1H3. The van der Waals surface area contributed by atoms with Gasteiger partial charge in [0, 0.05) is 24.7 Å². The highest BCUT2D eigenvalue weighted by Gasteiger charge is 2.19. The van der Waals surface area contributed by atoms with Gasteiger partial charge in [0.25, 0.3) is 0 Å². The van der Waals surface area contributed by atoms with Gasteiger partial charge >= 0.3 is 0 Å². The molecule has 2 heterocycles. The van der Waals surface area contributed by atoms with Gasteiger partial charge in [-0.2, -0.15) is 0 Å². The lowest BCUT2D eigenvalue weighted by atomic mass is 10.0. The lowest BCUT2D eigenvalue weighted by molar-refractivity contribution is 0.207. The van der Waals surface area contributed by atoms with Gasteiger partial charge in [-0.25, -0.2) is 0 Å². The van der Waals surface area contributed by atoms with Gasteiger partial charge in [0.05, 0.1) is 6.54 Å². The average Bonchev–Trinajstić information content (AvgIpc) is 2.86. The first-order chi connectivity index (χ1) is 9.22. The van der Waals surface area contributed by atoms with Crippen molar-refractivity contribution in [1.29, 1.82) is 0 Å². The number of hydrogen-bond donors (Lipinski definition) is 0. The zero-order valence-electron chi connectivity index (χ0n) is 11.0. The lowest BCUT2D eigenvalue weighted by Crippen LogP contribution is -2.36. The third-order valence-corrected chi connectivity index (χ3v) is 3.90. The van der Waals surface area contributed by atoms with E-state index in [2.05, 4.69) is 38.7 Å². The summed E-state index contributed by atoms with van der Waals surface area (Å²) in [6.07, 6.45) is 1.81. The summed E-state index contributed by atoms with van der Waals surface area (Å²) in [6, 6.07) is 8.13. The zero-order valence-corrected chi connectivity index (χ0v) is 11.7. The van der Waals surface area contributed by atoms with Crippen LogP contribution in [0.1, 0.15) is 24.2 Å². The second-order valence-electron chi connectivity index (χ2n) is 5.13. The van der Waals surface area contributed by atoms with Crippen LogP contribution in [0.15, 0.2) is 30.6 Å². The van der Waals surface area contributed by atoms with E-state index in [1.807, 2.05) is 18.5 Å². The molecule has 0 saturated heterocycles. The van der Waals surface area contributed by atoms with Crippen LogP contribution in [0.4, 0.5) is 0 Å². The first-order valence-electron chi connectivity index (χ1n) is 6.57. The predicted molar refractivity (Wildman–Crippen MR) is 75.2 cm³/mol. The quantitative estimate of drug-likeness (QED) is 0.864. The minimum atomic E-state index is 0.466. The summed E-state index contributed by atoms with van der Waals surface area (Å²) in [5.41, 5.74) is 1.29. The van der Waals surface area contributed by atoms with Gasteiger partial charge in [-0.05, 0) is 23.6 Å². The summed E-state index contributed by atoms with van der Waals surface area (Å²) >= 11 is 6.05. The fourth-order valence-corrected chi connectivity index (χ4v) is 2.78. The Morgan fingerprint density at radius 3 is 3.11 bits per heavy atom. The highest BCUT2D eigenvalue weighted by atomic mass is 35.5. The Kier molecular flexibility index (Phi) is 3.53. The number of nitrogens with zero attached hydrogens (tertiary/aromatic N) is 4. The molecule has 0 saturated carbocycles. The number of fused-ring (bicyclic) bond motifs is 1. The molecule has 3 rings (SSSR count). The summed E-state index contributed by atoms with van der Waals surface area (Å²) in [6.45, 7) is 6.17. The van der Waals surface area contributed by atoms with Crippen molar-refractivity contribution in [1.82, 2.24) is 19.7 Å². The van der Waals surface area contributed by atoms with E-state index in [0.717, 1.165) is 37.0 Å². The Morgan fingerprint density at radius 1 is 1.37 bits per heavy atom. The maximum Gasteiger partial charge on any atom is 0.147 e. The molecule has 1 aliphatic rings. The average molecular weight is 277 g/mol. The van der Waals surface area contributed by atoms with Crippen molar-refractivity contribution in [2.24, 2.45) is 0 Å². The molecule has 19 heavy (non-hydrogen) atoms. The van der Waals surface area contributed by atoms with Crippen molar-refractivity contribution in [3.63, 3.8) is 0 Å². The van der Waals surface area contributed by atoms with Gasteiger partial charge in [-0.3, -0.25) is 4.90 Å². The lowest BCUT2D eigenvalue weighted by Gasteiger charge is -2.29. The second-order valence-corrected chi connectivity index (χ2v) is 5.57. The SMILES string of the molecule is CC(CN1CCn2cnnc2C1)c1cccc(Cl)c1. The fraction of sp³-hybridized carbons (Fsp3) is 0.429. The van der Waals surface area contributed by atoms with E-state index in [4.69, 9.17) is 11.6 Å². The third kappa shape index (κ3) is 2.80. The van der Waals surface area contributed by atoms with Crippen molar-refractivity contribution < 1.29 is 0 Å². The molecule has 1 aromatic heterocycles. The predicted octanol–water partition coefficient (Wildman–Crippen LogP) is 2.55. The van der Waals surface area contributed by atoms with Crippen molar-refractivity contribution in [3.8, 4) is 0 Å². The molecule has 0 bridgehead atoms. The number of halogens is 1. The smallest absolute Gasteiger partial charge is 0.147 e. The van der Waals surface area contributed by atoms with Crippen LogP contribution in [0, 0.1) is 0 Å². The van der Waals surface area contributed by atoms with Crippen LogP contribution < -0.4 is 0 Å². The molecule has 1 aromatic carbocycles. The highest BCUT2D eigenvalue weighted by molar-refractivity contribution is 6.30. The van der Waals surface area contributed by atoms with E-state index in [1.165, 1.54) is 5.56 Å². The minimum Gasteiger partial charge on any atom is -0.315 e. The number of aromatic nitrogens is 3. The fourth-order valence-electron chi connectivity index (χ4n) is 2.58. The second kappa shape index (κ2) is 5.31. The summed E-state index contributed by atoms with van der Waals surface area (Å²) < 4.78 is 2.13. The molecule has 0 aliphatic carbocycles. The van der Waals surface area contributed by atoms with Crippen LogP contribution in [-0.4, -0.2) is 32.8 Å². The monoisotopic (exact) mass is 276 g/mol. The molecule has 5 heteroatoms. The number of benzene rings is 1. The molecule has 0 N–H and O–H groups in total. The minimum absolute atomic E-state index is 0.466. The Labute approximate surface area is 118 Å². The van der Waals surface area contributed by atoms with Gasteiger partial charge < -0.3 is 4.57 Å². The molecule has 1 aliphatic heterocycles. The van der Waals surface area contributed by atoms with E-state index >= 15 is 0 Å². The van der Waals surface area contributed by atoms with Crippen LogP contribution in [0.25, 0.3) is 0 Å². The van der Waals surface area contributed by atoms with Crippen LogP contribution >= 0.6 is 11.6 Å². The van der Waals surface area contributed by atoms with Crippen LogP contribution in [0.2, 0.25) is 5.02 Å². The maximum atomic E-state index is 6.05. The van der Waals surface area contributed by atoms with Crippen molar-refractivity contribution in [2.75, 3.05) is 13.1 Å². The maximum absolute atomic E-state index is 6.05. The topological polar surface area (TPSA) is 34.0 Å². The largest absolute Gasteiger partial charge is 0.315 e. The first kappa shape index (κ1) is 12.6. The Hall–Kier alpha value is -1.39. The van der Waals surface area contributed by atoms with Gasteiger partial charge in [0.2, 0.25) is 0 Å². The van der Waals surface area contributed by atoms with E-state index < -0.39 is 0 Å². The Balaban J connectivity index is 1.66. The van der Waals surface area contributed by atoms with Gasteiger partial charge in [0.15, 0.2) is 0 Å². The zero-order chi connectivity index (χ0) is 13.2. The first-order valence-corrected chi connectivity index (χ1v) is 6.94. The van der Waals surface area contributed by atoms with Gasteiger partial charge in [0.1, 0.15) is 12.2 Å². The molecular formula is C14H17ClN4. The van der Waals surface area contributed by atoms with Gasteiger partial charge in [-0.1, -0.05) is 30.7 Å². The van der Waals surface area contributed by atoms with Crippen LogP contribution in [-0.2, 0) is 13.1 Å². The molecule has 0 spiro atoms. The summed E-state index contributed by atoms with van der Waals surface area (Å²) in [7, 11) is 0. The molecule has 0 amide bonds. The number of rotatable bonds is 3. The van der Waals surface area contributed by atoms with E-state index in [-0.39, 0.29) is 0 Å². The van der Waals surface area contributed by atoms with Crippen molar-refractivity contribution in [3.05, 3.63) is 47.0 Å². The number of hydrogen-bond acceptors (Lipinski definition) is 3. The summed E-state index contributed by atoms with van der Waals surface area (Å²) in [4.78, 5) is 2.43. The third-order valence-electron chi connectivity index (χ3n) is 3.67. The van der Waals surface area contributed by atoms with Gasteiger partial charge in [-0.15, -0.1) is 10.2 Å². The van der Waals surface area contributed by atoms with E-state index in [9.17, 15) is 0 Å². The Morgan fingerprint density at radius 2 is 2.26 bits per heavy atom. The highest BCUT2D eigenvalue weighted by Crippen LogP contribution is 2.21. The van der Waals surface area contributed by atoms with E-state index in [0.29, 0.717) is 5.92 Å². The molecule has 1 atom stereocenters. The van der Waals surface area contributed by atoms with Crippen molar-refractivity contribution >= 4 is 11.6 Å². The molecule has 2 aromatic rings. The normalized spacial score (nSPS) is 17.2. The van der Waals surface area contributed by atoms with Crippen LogP contribution in [0.5, 0.6) is 0 Å².